The number of ether oxygens (including phenoxy) is 1. The average molecular weight is 231 g/mol. The summed E-state index contributed by atoms with van der Waals surface area (Å²) >= 11 is 0. The van der Waals surface area contributed by atoms with Crippen LogP contribution in [0.3, 0.4) is 0 Å². The van der Waals surface area contributed by atoms with Crippen LogP contribution in [-0.2, 0) is 9.53 Å². The van der Waals surface area contributed by atoms with Crippen LogP contribution in [0.5, 0.6) is 0 Å². The highest BCUT2D eigenvalue weighted by Gasteiger charge is 2.32. The van der Waals surface area contributed by atoms with Crippen LogP contribution in [0.15, 0.2) is 0 Å². The van der Waals surface area contributed by atoms with Crippen LogP contribution >= 0.6 is 0 Å². The zero-order valence-electron chi connectivity index (χ0n) is 11.1. The van der Waals surface area contributed by atoms with Gasteiger partial charge in [-0.25, -0.2) is 4.79 Å². The van der Waals surface area contributed by atoms with E-state index < -0.39 is 11.6 Å². The summed E-state index contributed by atoms with van der Waals surface area (Å²) in [5, 5.41) is 17.2. The molecule has 16 heavy (non-hydrogen) atoms. The van der Waals surface area contributed by atoms with Crippen LogP contribution in [0.25, 0.3) is 0 Å². The molecule has 0 saturated heterocycles. The third-order valence-corrected chi connectivity index (χ3v) is 1.82. The van der Waals surface area contributed by atoms with Gasteiger partial charge in [0, 0.05) is 12.1 Å². The van der Waals surface area contributed by atoms with Gasteiger partial charge < -0.3 is 15.3 Å². The van der Waals surface area contributed by atoms with Crippen molar-refractivity contribution in [2.24, 2.45) is 0 Å². The molecular weight excluding hydrogens is 206 g/mol. The normalized spacial score (nSPS) is 13.1. The highest BCUT2D eigenvalue weighted by atomic mass is 16.5. The molecular formula is C12H25NO3. The summed E-state index contributed by atoms with van der Waals surface area (Å²) in [6, 6.07) is 0. The summed E-state index contributed by atoms with van der Waals surface area (Å²) in [6.45, 7) is 9.27. The Labute approximate surface area is 98.5 Å². The van der Waals surface area contributed by atoms with Gasteiger partial charge in [0.05, 0.1) is 6.61 Å². The van der Waals surface area contributed by atoms with E-state index >= 15 is 0 Å². The van der Waals surface area contributed by atoms with Gasteiger partial charge in [-0.3, -0.25) is 0 Å². The largest absolute Gasteiger partial charge is 0.464 e. The minimum absolute atomic E-state index is 0.0552. The van der Waals surface area contributed by atoms with Crippen LogP contribution in [0, 0.1) is 5.41 Å². The van der Waals surface area contributed by atoms with Gasteiger partial charge in [0.25, 0.3) is 0 Å². The molecule has 0 radical (unpaired) electrons. The van der Waals surface area contributed by atoms with Crippen molar-refractivity contribution in [2.75, 3.05) is 6.61 Å². The van der Waals surface area contributed by atoms with Crippen molar-refractivity contribution in [3.8, 4) is 0 Å². The second-order valence-corrected chi connectivity index (χ2v) is 3.52. The van der Waals surface area contributed by atoms with Crippen LogP contribution < -0.4 is 0 Å². The number of aliphatic hydroxyl groups is 1. The molecule has 0 fully saturated rings. The molecule has 0 aromatic carbocycles. The SMILES string of the molecule is CC.CCCC(=N)CC(C)(O)C(=O)OCC. The highest BCUT2D eigenvalue weighted by Crippen LogP contribution is 2.14. The summed E-state index contributed by atoms with van der Waals surface area (Å²) < 4.78 is 4.70. The minimum Gasteiger partial charge on any atom is -0.464 e. The van der Waals surface area contributed by atoms with Gasteiger partial charge in [0.1, 0.15) is 0 Å². The minimum atomic E-state index is -1.55. The van der Waals surface area contributed by atoms with E-state index in [1.54, 1.807) is 6.92 Å². The lowest BCUT2D eigenvalue weighted by molar-refractivity contribution is -0.162. The molecule has 1 unspecified atom stereocenters. The number of rotatable bonds is 6. The van der Waals surface area contributed by atoms with Crippen molar-refractivity contribution in [1.82, 2.24) is 0 Å². The Morgan fingerprint density at radius 3 is 2.25 bits per heavy atom. The molecule has 0 bridgehead atoms. The zero-order chi connectivity index (χ0) is 13.2. The standard InChI is InChI=1S/C10H19NO3.C2H6/c1-4-6-8(11)7-10(3,13)9(12)14-5-2;1-2/h11,13H,4-7H2,1-3H3;1-2H3. The molecule has 4 heteroatoms. The maximum absolute atomic E-state index is 11.2. The summed E-state index contributed by atoms with van der Waals surface area (Å²) in [5.74, 6) is -0.652. The summed E-state index contributed by atoms with van der Waals surface area (Å²) in [4.78, 5) is 11.2. The number of carbonyl (C=O) groups is 1. The van der Waals surface area contributed by atoms with E-state index in [1.165, 1.54) is 6.92 Å². The van der Waals surface area contributed by atoms with Crippen LogP contribution in [-0.4, -0.2) is 29.0 Å². The number of esters is 1. The lowest BCUT2D eigenvalue weighted by Gasteiger charge is -2.20. The van der Waals surface area contributed by atoms with Crippen molar-refractivity contribution in [3.05, 3.63) is 0 Å². The molecule has 0 rings (SSSR count). The second-order valence-electron chi connectivity index (χ2n) is 3.52. The van der Waals surface area contributed by atoms with Crippen LogP contribution in [0.2, 0.25) is 0 Å². The molecule has 1 atom stereocenters. The Bertz CT molecular complexity index is 212. The smallest absolute Gasteiger partial charge is 0.338 e. The lowest BCUT2D eigenvalue weighted by atomic mass is 9.97. The fraction of sp³-hybridized carbons (Fsp3) is 0.833. The van der Waals surface area contributed by atoms with Gasteiger partial charge >= 0.3 is 5.97 Å². The molecule has 0 amide bonds. The Balaban J connectivity index is 0. The van der Waals surface area contributed by atoms with Gasteiger partial charge in [-0.05, 0) is 20.3 Å². The molecule has 96 valence electrons. The first kappa shape index (κ1) is 17.5. The van der Waals surface area contributed by atoms with Gasteiger partial charge in [-0.1, -0.05) is 27.2 Å². The van der Waals surface area contributed by atoms with E-state index in [9.17, 15) is 9.90 Å². The molecule has 0 aromatic rings. The molecule has 2 N–H and O–H groups in total. The molecule has 0 aliphatic rings. The first-order chi connectivity index (χ1) is 7.44. The van der Waals surface area contributed by atoms with E-state index in [2.05, 4.69) is 0 Å². The topological polar surface area (TPSA) is 70.4 Å². The van der Waals surface area contributed by atoms with Crippen molar-refractivity contribution in [1.29, 1.82) is 5.41 Å². The van der Waals surface area contributed by atoms with Crippen LogP contribution in [0.4, 0.5) is 0 Å². The lowest BCUT2D eigenvalue weighted by Crippen LogP contribution is -2.38. The van der Waals surface area contributed by atoms with E-state index in [4.69, 9.17) is 10.1 Å². The fourth-order valence-electron chi connectivity index (χ4n) is 1.16. The number of hydrogen-bond donors (Lipinski definition) is 2. The maximum Gasteiger partial charge on any atom is 0.338 e. The summed E-state index contributed by atoms with van der Waals surface area (Å²) in [6.07, 6.45) is 1.51. The Morgan fingerprint density at radius 1 is 1.38 bits per heavy atom. The zero-order valence-corrected chi connectivity index (χ0v) is 11.1. The Morgan fingerprint density at radius 2 is 1.88 bits per heavy atom. The number of carbonyl (C=O) groups excluding carboxylic acids is 1. The first-order valence-corrected chi connectivity index (χ1v) is 5.90. The monoisotopic (exact) mass is 231 g/mol. The predicted molar refractivity (Wildman–Crippen MR) is 65.9 cm³/mol. The quantitative estimate of drug-likeness (QED) is 0.545. The maximum atomic E-state index is 11.2. The van der Waals surface area contributed by atoms with Gasteiger partial charge in [-0.15, -0.1) is 0 Å². The molecule has 0 heterocycles. The number of nitrogens with one attached hydrogen (secondary N) is 1. The van der Waals surface area contributed by atoms with Crippen molar-refractivity contribution >= 4 is 11.7 Å². The predicted octanol–water partition coefficient (Wildman–Crippen LogP) is 2.54. The van der Waals surface area contributed by atoms with Gasteiger partial charge in [0.15, 0.2) is 5.60 Å². The fourth-order valence-corrected chi connectivity index (χ4v) is 1.16. The number of hydrogen-bond acceptors (Lipinski definition) is 4. The molecule has 0 saturated carbocycles. The van der Waals surface area contributed by atoms with Crippen LogP contribution in [0.1, 0.15) is 53.9 Å². The second kappa shape index (κ2) is 9.33. The third kappa shape index (κ3) is 7.40. The van der Waals surface area contributed by atoms with E-state index in [-0.39, 0.29) is 13.0 Å². The first-order valence-electron chi connectivity index (χ1n) is 5.90. The van der Waals surface area contributed by atoms with E-state index in [1.807, 2.05) is 20.8 Å². The van der Waals surface area contributed by atoms with E-state index in [0.29, 0.717) is 12.1 Å². The highest BCUT2D eigenvalue weighted by molar-refractivity contribution is 5.89. The average Bonchev–Trinajstić information content (AvgIpc) is 2.20. The third-order valence-electron chi connectivity index (χ3n) is 1.82. The summed E-state index contributed by atoms with van der Waals surface area (Å²) in [7, 11) is 0. The van der Waals surface area contributed by atoms with Gasteiger partial charge in [0.2, 0.25) is 0 Å². The van der Waals surface area contributed by atoms with Crippen molar-refractivity contribution in [2.45, 2.75) is 59.5 Å². The Hall–Kier alpha value is -0.900. The molecule has 0 aromatic heterocycles. The molecule has 0 aliphatic heterocycles. The van der Waals surface area contributed by atoms with Gasteiger partial charge in [-0.2, -0.15) is 0 Å². The van der Waals surface area contributed by atoms with Crippen molar-refractivity contribution < 1.29 is 14.6 Å². The summed E-state index contributed by atoms with van der Waals surface area (Å²) in [5.41, 5.74) is -1.17. The molecule has 0 aliphatic carbocycles. The van der Waals surface area contributed by atoms with Crippen molar-refractivity contribution in [3.63, 3.8) is 0 Å². The Kier molecular flexibility index (Phi) is 10.2. The molecule has 4 nitrogen and oxygen atoms in total. The van der Waals surface area contributed by atoms with E-state index in [0.717, 1.165) is 6.42 Å². The molecule has 0 spiro atoms.